The van der Waals surface area contributed by atoms with Crippen LogP contribution in [0.5, 0.6) is 0 Å². The second kappa shape index (κ2) is 7.24. The predicted octanol–water partition coefficient (Wildman–Crippen LogP) is 3.50. The van der Waals surface area contributed by atoms with E-state index in [1.165, 1.54) is 12.1 Å². The molecule has 0 atom stereocenters. The van der Waals surface area contributed by atoms with E-state index in [9.17, 15) is 18.0 Å². The molecule has 4 rings (SSSR count). The summed E-state index contributed by atoms with van der Waals surface area (Å²) in [6, 6.07) is 14.9. The van der Waals surface area contributed by atoms with Crippen molar-refractivity contribution in [2.45, 2.75) is 35.8 Å². The molecule has 2 aromatic carbocycles. The van der Waals surface area contributed by atoms with E-state index in [1.54, 1.807) is 36.4 Å². The van der Waals surface area contributed by atoms with Crippen molar-refractivity contribution in [3.05, 3.63) is 70.5 Å². The number of nitrogens with one attached hydrogen (secondary N) is 2. The molecule has 0 aliphatic heterocycles. The fourth-order valence-electron chi connectivity index (χ4n) is 3.66. The van der Waals surface area contributed by atoms with Crippen molar-refractivity contribution < 1.29 is 13.2 Å². The van der Waals surface area contributed by atoms with E-state index in [-0.39, 0.29) is 15.7 Å². The molecule has 1 aliphatic rings. The number of aromatic nitrogens is 1. The number of para-hydroxylation sites is 1. The van der Waals surface area contributed by atoms with Gasteiger partial charge in [-0.2, -0.15) is 0 Å². The van der Waals surface area contributed by atoms with Crippen molar-refractivity contribution in [3.8, 4) is 0 Å². The fourth-order valence-corrected chi connectivity index (χ4v) is 5.55. The molecule has 0 bridgehead atoms. The lowest BCUT2D eigenvalue weighted by molar-refractivity contribution is 0.102. The van der Waals surface area contributed by atoms with Crippen LogP contribution in [-0.2, 0) is 9.84 Å². The van der Waals surface area contributed by atoms with Crippen LogP contribution in [0.3, 0.4) is 0 Å². The number of carbonyl (C=O) groups excluding carboxylic acids is 1. The first-order valence-electron chi connectivity index (χ1n) is 9.22. The standard InChI is InChI=1S/C21H20N2O4S/c24-20(18-12-14-6-1-4-11-19(14)23-21(18)25)22-15-7-5-10-17(13-15)28(26,27)16-8-2-3-9-16/h1,4-7,10-13,16H,2-3,8-9H2,(H,22,24)(H,23,25). The molecule has 1 aliphatic carbocycles. The van der Waals surface area contributed by atoms with E-state index in [4.69, 9.17) is 0 Å². The summed E-state index contributed by atoms with van der Waals surface area (Å²) < 4.78 is 25.6. The number of amides is 1. The Bertz CT molecular complexity index is 1210. The van der Waals surface area contributed by atoms with Gasteiger partial charge in [0, 0.05) is 11.2 Å². The number of anilines is 1. The number of hydrogen-bond acceptors (Lipinski definition) is 4. The highest BCUT2D eigenvalue weighted by atomic mass is 32.2. The molecule has 144 valence electrons. The molecule has 0 radical (unpaired) electrons. The van der Waals surface area contributed by atoms with Crippen LogP contribution in [0.25, 0.3) is 10.9 Å². The minimum atomic E-state index is -3.42. The smallest absolute Gasteiger partial charge is 0.261 e. The zero-order valence-electron chi connectivity index (χ0n) is 15.1. The summed E-state index contributed by atoms with van der Waals surface area (Å²) in [6.45, 7) is 0. The molecule has 3 aromatic rings. The molecule has 0 spiro atoms. The third-order valence-electron chi connectivity index (χ3n) is 5.16. The molecule has 0 saturated heterocycles. The Kier molecular flexibility index (Phi) is 4.77. The van der Waals surface area contributed by atoms with Crippen molar-refractivity contribution in [3.63, 3.8) is 0 Å². The molecule has 28 heavy (non-hydrogen) atoms. The molecule has 2 N–H and O–H groups in total. The van der Waals surface area contributed by atoms with Crippen LogP contribution in [0, 0.1) is 0 Å². The van der Waals surface area contributed by atoms with Crippen LogP contribution in [0.4, 0.5) is 5.69 Å². The van der Waals surface area contributed by atoms with Crippen molar-refractivity contribution in [1.29, 1.82) is 0 Å². The summed E-state index contributed by atoms with van der Waals surface area (Å²) in [7, 11) is -3.42. The lowest BCUT2D eigenvalue weighted by atomic mass is 10.1. The quantitative estimate of drug-likeness (QED) is 0.705. The van der Waals surface area contributed by atoms with E-state index in [1.807, 2.05) is 6.07 Å². The van der Waals surface area contributed by atoms with Crippen molar-refractivity contribution >= 4 is 32.3 Å². The summed E-state index contributed by atoms with van der Waals surface area (Å²) in [5, 5.41) is 3.02. The van der Waals surface area contributed by atoms with Crippen LogP contribution in [0.2, 0.25) is 0 Å². The summed E-state index contributed by atoms with van der Waals surface area (Å²) in [5.74, 6) is -0.581. The number of carbonyl (C=O) groups is 1. The Hall–Kier alpha value is -2.93. The Balaban J connectivity index is 1.62. The van der Waals surface area contributed by atoms with Crippen molar-refractivity contribution in [1.82, 2.24) is 4.98 Å². The number of hydrogen-bond donors (Lipinski definition) is 2. The van der Waals surface area contributed by atoms with Gasteiger partial charge < -0.3 is 10.3 Å². The maximum Gasteiger partial charge on any atom is 0.261 e. The van der Waals surface area contributed by atoms with Gasteiger partial charge in [-0.3, -0.25) is 9.59 Å². The summed E-state index contributed by atoms with van der Waals surface area (Å²) >= 11 is 0. The van der Waals surface area contributed by atoms with Gasteiger partial charge in [0.1, 0.15) is 5.56 Å². The van der Waals surface area contributed by atoms with Crippen LogP contribution < -0.4 is 10.9 Å². The van der Waals surface area contributed by atoms with E-state index in [2.05, 4.69) is 10.3 Å². The first kappa shape index (κ1) is 18.4. The first-order chi connectivity index (χ1) is 13.4. The second-order valence-electron chi connectivity index (χ2n) is 7.03. The summed E-state index contributed by atoms with van der Waals surface area (Å²) in [4.78, 5) is 27.8. The monoisotopic (exact) mass is 396 g/mol. The van der Waals surface area contributed by atoms with E-state index in [0.717, 1.165) is 18.2 Å². The lowest BCUT2D eigenvalue weighted by Crippen LogP contribution is -2.23. The van der Waals surface area contributed by atoms with Gasteiger partial charge in [0.05, 0.1) is 10.1 Å². The molecular weight excluding hydrogens is 376 g/mol. The molecular formula is C21H20N2O4S. The normalized spacial score (nSPS) is 15.0. The maximum atomic E-state index is 12.8. The highest BCUT2D eigenvalue weighted by Crippen LogP contribution is 2.30. The first-order valence-corrected chi connectivity index (χ1v) is 10.8. The van der Waals surface area contributed by atoms with Gasteiger partial charge in [-0.05, 0) is 48.6 Å². The predicted molar refractivity (Wildman–Crippen MR) is 108 cm³/mol. The number of rotatable bonds is 4. The van der Waals surface area contributed by atoms with Crippen LogP contribution >= 0.6 is 0 Å². The molecule has 1 saturated carbocycles. The molecule has 1 heterocycles. The number of aromatic amines is 1. The zero-order valence-corrected chi connectivity index (χ0v) is 16.0. The van der Waals surface area contributed by atoms with Crippen LogP contribution in [0.15, 0.2) is 64.3 Å². The Morgan fingerprint density at radius 3 is 2.54 bits per heavy atom. The van der Waals surface area contributed by atoms with Gasteiger partial charge in [0.15, 0.2) is 9.84 Å². The molecule has 0 unspecified atom stereocenters. The minimum absolute atomic E-state index is 0.0252. The minimum Gasteiger partial charge on any atom is -0.322 e. The SMILES string of the molecule is O=C(Nc1cccc(S(=O)(=O)C2CCCC2)c1)c1cc2ccccc2[nH]c1=O. The third kappa shape index (κ3) is 3.45. The molecule has 1 aromatic heterocycles. The number of sulfone groups is 1. The highest BCUT2D eigenvalue weighted by molar-refractivity contribution is 7.92. The molecule has 6 nitrogen and oxygen atoms in total. The van der Waals surface area contributed by atoms with Gasteiger partial charge in [-0.25, -0.2) is 8.42 Å². The fraction of sp³-hybridized carbons (Fsp3) is 0.238. The summed E-state index contributed by atoms with van der Waals surface area (Å²) in [6.07, 6.45) is 3.19. The largest absolute Gasteiger partial charge is 0.322 e. The maximum absolute atomic E-state index is 12.8. The zero-order chi connectivity index (χ0) is 19.7. The summed E-state index contributed by atoms with van der Waals surface area (Å²) in [5.41, 5.74) is 0.471. The average Bonchev–Trinajstić information content (AvgIpc) is 3.23. The van der Waals surface area contributed by atoms with Gasteiger partial charge >= 0.3 is 0 Å². The number of pyridine rings is 1. The van der Waals surface area contributed by atoms with Gasteiger partial charge in [-0.1, -0.05) is 37.1 Å². The van der Waals surface area contributed by atoms with Gasteiger partial charge in [0.2, 0.25) is 0 Å². The van der Waals surface area contributed by atoms with Gasteiger partial charge in [0.25, 0.3) is 11.5 Å². The second-order valence-corrected chi connectivity index (χ2v) is 9.26. The Morgan fingerprint density at radius 2 is 1.75 bits per heavy atom. The molecule has 7 heteroatoms. The number of fused-ring (bicyclic) bond motifs is 1. The van der Waals surface area contributed by atoms with Gasteiger partial charge in [-0.15, -0.1) is 0 Å². The number of benzene rings is 2. The highest BCUT2D eigenvalue weighted by Gasteiger charge is 2.30. The third-order valence-corrected chi connectivity index (χ3v) is 7.42. The molecule has 1 amide bonds. The Labute approximate surface area is 162 Å². The van der Waals surface area contributed by atoms with Crippen LogP contribution in [0.1, 0.15) is 36.0 Å². The van der Waals surface area contributed by atoms with E-state index in [0.29, 0.717) is 24.0 Å². The van der Waals surface area contributed by atoms with E-state index < -0.39 is 21.3 Å². The average molecular weight is 396 g/mol. The topological polar surface area (TPSA) is 96.1 Å². The lowest BCUT2D eigenvalue weighted by Gasteiger charge is -2.12. The Morgan fingerprint density at radius 1 is 1.00 bits per heavy atom. The van der Waals surface area contributed by atoms with Crippen LogP contribution in [-0.4, -0.2) is 24.6 Å². The molecule has 1 fully saturated rings. The number of H-pyrrole nitrogens is 1. The van der Waals surface area contributed by atoms with Crippen molar-refractivity contribution in [2.24, 2.45) is 0 Å². The van der Waals surface area contributed by atoms with Crippen molar-refractivity contribution in [2.75, 3.05) is 5.32 Å². The van der Waals surface area contributed by atoms with E-state index >= 15 is 0 Å².